The highest BCUT2D eigenvalue weighted by molar-refractivity contribution is 5.46. The molecule has 0 fully saturated rings. The SMILES string of the molecule is CC.COC1CCc2c(Oc3ccc(C)nc3)cccc21. The lowest BCUT2D eigenvalue weighted by Crippen LogP contribution is -1.96. The first-order valence-corrected chi connectivity index (χ1v) is 7.53. The average molecular weight is 285 g/mol. The van der Waals surface area contributed by atoms with Gasteiger partial charge in [-0.3, -0.25) is 4.98 Å². The van der Waals surface area contributed by atoms with E-state index in [2.05, 4.69) is 11.1 Å². The van der Waals surface area contributed by atoms with Crippen LogP contribution in [0.3, 0.4) is 0 Å². The second-order valence-electron chi connectivity index (χ2n) is 4.82. The number of hydrogen-bond donors (Lipinski definition) is 0. The van der Waals surface area contributed by atoms with Crippen molar-refractivity contribution in [2.24, 2.45) is 0 Å². The highest BCUT2D eigenvalue weighted by Gasteiger charge is 2.25. The van der Waals surface area contributed by atoms with Crippen molar-refractivity contribution >= 4 is 0 Å². The number of fused-ring (bicyclic) bond motifs is 1. The zero-order valence-electron chi connectivity index (χ0n) is 13.2. The molecule has 1 heterocycles. The smallest absolute Gasteiger partial charge is 0.145 e. The molecule has 2 aromatic rings. The monoisotopic (exact) mass is 285 g/mol. The largest absolute Gasteiger partial charge is 0.455 e. The molecule has 1 aromatic carbocycles. The predicted octanol–water partition coefficient (Wildman–Crippen LogP) is 4.84. The predicted molar refractivity (Wildman–Crippen MR) is 84.9 cm³/mol. The van der Waals surface area contributed by atoms with Gasteiger partial charge in [-0.1, -0.05) is 26.0 Å². The van der Waals surface area contributed by atoms with Gasteiger partial charge >= 0.3 is 0 Å². The Morgan fingerprint density at radius 2 is 1.95 bits per heavy atom. The number of aromatic nitrogens is 1. The molecule has 0 spiro atoms. The van der Waals surface area contributed by atoms with Crippen LogP contribution in [0.2, 0.25) is 0 Å². The molecule has 1 aliphatic rings. The molecule has 0 aliphatic heterocycles. The van der Waals surface area contributed by atoms with E-state index in [0.717, 1.165) is 30.0 Å². The van der Waals surface area contributed by atoms with E-state index in [1.807, 2.05) is 45.0 Å². The summed E-state index contributed by atoms with van der Waals surface area (Å²) in [6, 6.07) is 10.1. The number of benzene rings is 1. The molecule has 0 N–H and O–H groups in total. The Morgan fingerprint density at radius 1 is 1.14 bits per heavy atom. The molecule has 0 saturated heterocycles. The van der Waals surface area contributed by atoms with Crippen molar-refractivity contribution in [3.63, 3.8) is 0 Å². The fourth-order valence-electron chi connectivity index (χ4n) is 2.56. The Morgan fingerprint density at radius 3 is 2.62 bits per heavy atom. The molecule has 0 saturated carbocycles. The maximum Gasteiger partial charge on any atom is 0.145 e. The van der Waals surface area contributed by atoms with Crippen LogP contribution in [0.4, 0.5) is 0 Å². The Kier molecular flexibility index (Phi) is 5.34. The quantitative estimate of drug-likeness (QED) is 0.808. The number of hydrogen-bond acceptors (Lipinski definition) is 3. The van der Waals surface area contributed by atoms with E-state index in [4.69, 9.17) is 9.47 Å². The molecule has 3 heteroatoms. The second kappa shape index (κ2) is 7.23. The lowest BCUT2D eigenvalue weighted by Gasteiger charge is -2.12. The van der Waals surface area contributed by atoms with E-state index < -0.39 is 0 Å². The molecule has 21 heavy (non-hydrogen) atoms. The number of methoxy groups -OCH3 is 1. The number of aryl methyl sites for hydroxylation is 1. The first kappa shape index (κ1) is 15.5. The molecule has 0 bridgehead atoms. The summed E-state index contributed by atoms with van der Waals surface area (Å²) in [6.07, 6.45) is 3.99. The van der Waals surface area contributed by atoms with Gasteiger partial charge in [-0.15, -0.1) is 0 Å². The lowest BCUT2D eigenvalue weighted by atomic mass is 10.1. The van der Waals surface area contributed by atoms with E-state index in [1.165, 1.54) is 11.1 Å². The minimum Gasteiger partial charge on any atom is -0.455 e. The lowest BCUT2D eigenvalue weighted by molar-refractivity contribution is 0.105. The summed E-state index contributed by atoms with van der Waals surface area (Å²) in [5.74, 6) is 1.70. The van der Waals surface area contributed by atoms with E-state index in [9.17, 15) is 0 Å². The van der Waals surface area contributed by atoms with Gasteiger partial charge < -0.3 is 9.47 Å². The van der Waals surface area contributed by atoms with Crippen molar-refractivity contribution in [1.82, 2.24) is 4.98 Å². The van der Waals surface area contributed by atoms with Crippen molar-refractivity contribution < 1.29 is 9.47 Å². The van der Waals surface area contributed by atoms with E-state index in [0.29, 0.717) is 0 Å². The molecular formula is C18H23NO2. The highest BCUT2D eigenvalue weighted by Crippen LogP contribution is 2.39. The number of nitrogens with zero attached hydrogens (tertiary/aromatic N) is 1. The van der Waals surface area contributed by atoms with E-state index in [-0.39, 0.29) is 6.10 Å². The summed E-state index contributed by atoms with van der Waals surface area (Å²) in [5.41, 5.74) is 3.50. The zero-order chi connectivity index (χ0) is 15.2. The van der Waals surface area contributed by atoms with Crippen LogP contribution >= 0.6 is 0 Å². The van der Waals surface area contributed by atoms with Crippen LogP contribution < -0.4 is 4.74 Å². The molecule has 0 radical (unpaired) electrons. The molecule has 3 nitrogen and oxygen atoms in total. The maximum atomic E-state index is 5.95. The molecule has 0 amide bonds. The third-order valence-corrected chi connectivity index (χ3v) is 3.57. The van der Waals surface area contributed by atoms with Gasteiger partial charge in [0, 0.05) is 18.4 Å². The van der Waals surface area contributed by atoms with Crippen molar-refractivity contribution in [2.45, 2.75) is 39.7 Å². The van der Waals surface area contributed by atoms with Crippen LogP contribution in [0.25, 0.3) is 0 Å². The van der Waals surface area contributed by atoms with Crippen LogP contribution in [-0.2, 0) is 11.2 Å². The maximum absolute atomic E-state index is 5.95. The van der Waals surface area contributed by atoms with Gasteiger partial charge in [-0.25, -0.2) is 0 Å². The standard InChI is InChI=1S/C16H17NO2.C2H6/c1-11-6-7-12(10-17-11)19-16-5-3-4-13-14(16)8-9-15(13)18-2;1-2/h3-7,10,15H,8-9H2,1-2H3;1-2H3. The van der Waals surface area contributed by atoms with E-state index >= 15 is 0 Å². The van der Waals surface area contributed by atoms with E-state index in [1.54, 1.807) is 13.3 Å². The molecular weight excluding hydrogens is 262 g/mol. The summed E-state index contributed by atoms with van der Waals surface area (Å²) in [6.45, 7) is 5.97. The normalized spacial score (nSPS) is 15.9. The fourth-order valence-corrected chi connectivity index (χ4v) is 2.56. The summed E-state index contributed by atoms with van der Waals surface area (Å²) >= 11 is 0. The van der Waals surface area contributed by atoms with Crippen LogP contribution in [0.15, 0.2) is 36.5 Å². The summed E-state index contributed by atoms with van der Waals surface area (Å²) in [7, 11) is 1.76. The third kappa shape index (κ3) is 3.42. The zero-order valence-corrected chi connectivity index (χ0v) is 13.2. The number of pyridine rings is 1. The molecule has 3 rings (SSSR count). The molecule has 1 atom stereocenters. The van der Waals surface area contributed by atoms with Gasteiger partial charge in [0.1, 0.15) is 11.5 Å². The third-order valence-electron chi connectivity index (χ3n) is 3.57. The molecule has 1 unspecified atom stereocenters. The van der Waals surface area contributed by atoms with Gasteiger partial charge in [0.05, 0.1) is 12.3 Å². The Hall–Kier alpha value is -1.87. The Bertz CT molecular complexity index is 578. The molecule has 112 valence electrons. The summed E-state index contributed by atoms with van der Waals surface area (Å²) in [4.78, 5) is 4.25. The Balaban J connectivity index is 0.000000774. The second-order valence-corrected chi connectivity index (χ2v) is 4.82. The van der Waals surface area contributed by atoms with Gasteiger partial charge in [0.15, 0.2) is 0 Å². The first-order valence-electron chi connectivity index (χ1n) is 7.53. The van der Waals surface area contributed by atoms with Crippen LogP contribution in [-0.4, -0.2) is 12.1 Å². The highest BCUT2D eigenvalue weighted by atomic mass is 16.5. The molecule has 1 aromatic heterocycles. The minimum atomic E-state index is 0.203. The topological polar surface area (TPSA) is 31.4 Å². The van der Waals surface area contributed by atoms with Gasteiger partial charge in [-0.05, 0) is 43.5 Å². The average Bonchev–Trinajstić information content (AvgIpc) is 2.96. The van der Waals surface area contributed by atoms with Gasteiger partial charge in [0.25, 0.3) is 0 Å². The Labute approximate surface area is 126 Å². The van der Waals surface area contributed by atoms with Gasteiger partial charge in [0.2, 0.25) is 0 Å². The minimum absolute atomic E-state index is 0.203. The van der Waals surface area contributed by atoms with Crippen LogP contribution in [0.5, 0.6) is 11.5 Å². The van der Waals surface area contributed by atoms with Crippen molar-refractivity contribution in [1.29, 1.82) is 0 Å². The van der Waals surface area contributed by atoms with Crippen molar-refractivity contribution in [2.75, 3.05) is 7.11 Å². The van der Waals surface area contributed by atoms with Gasteiger partial charge in [-0.2, -0.15) is 0 Å². The summed E-state index contributed by atoms with van der Waals surface area (Å²) < 4.78 is 11.4. The van der Waals surface area contributed by atoms with Crippen LogP contribution in [0, 0.1) is 6.92 Å². The number of ether oxygens (including phenoxy) is 2. The fraction of sp³-hybridized carbons (Fsp3) is 0.389. The van der Waals surface area contributed by atoms with Crippen molar-refractivity contribution in [3.05, 3.63) is 53.3 Å². The number of rotatable bonds is 3. The first-order chi connectivity index (χ1) is 10.3. The van der Waals surface area contributed by atoms with Crippen LogP contribution in [0.1, 0.15) is 43.2 Å². The summed E-state index contributed by atoms with van der Waals surface area (Å²) in [5, 5.41) is 0. The van der Waals surface area contributed by atoms with Crippen molar-refractivity contribution in [3.8, 4) is 11.5 Å². The molecule has 1 aliphatic carbocycles.